The molecule has 1 aliphatic rings. The van der Waals surface area contributed by atoms with Crippen LogP contribution >= 0.6 is 23.5 Å². The summed E-state index contributed by atoms with van der Waals surface area (Å²) in [7, 11) is 2.15. The van der Waals surface area contributed by atoms with E-state index in [0.717, 1.165) is 18.7 Å². The van der Waals surface area contributed by atoms with Crippen molar-refractivity contribution in [3.8, 4) is 0 Å². The molecule has 1 fully saturated rings. The van der Waals surface area contributed by atoms with Crippen LogP contribution in [0.5, 0.6) is 0 Å². The van der Waals surface area contributed by atoms with Gasteiger partial charge < -0.3 is 4.90 Å². The summed E-state index contributed by atoms with van der Waals surface area (Å²) in [6.45, 7) is 2.29. The van der Waals surface area contributed by atoms with Gasteiger partial charge in [-0.2, -0.15) is 13.2 Å². The second-order valence-electron chi connectivity index (χ2n) is 5.31. The molecule has 2 rings (SSSR count). The quantitative estimate of drug-likeness (QED) is 0.770. The lowest BCUT2D eigenvalue weighted by Gasteiger charge is -2.28. The second kappa shape index (κ2) is 7.79. The smallest absolute Gasteiger partial charge is 0.306 e. The van der Waals surface area contributed by atoms with E-state index >= 15 is 0 Å². The zero-order chi connectivity index (χ0) is 15.3. The number of nitrogens with zero attached hydrogens (tertiary/aromatic N) is 1. The van der Waals surface area contributed by atoms with Crippen molar-refractivity contribution < 1.29 is 13.2 Å². The second-order valence-corrected chi connectivity index (χ2v) is 7.84. The summed E-state index contributed by atoms with van der Waals surface area (Å²) >= 11 is 1.94. The molecule has 6 heteroatoms. The average Bonchev–Trinajstić information content (AvgIpc) is 2.42. The number of benzene rings is 1. The highest BCUT2D eigenvalue weighted by atomic mass is 32.2. The van der Waals surface area contributed by atoms with E-state index in [1.165, 1.54) is 17.7 Å². The van der Waals surface area contributed by atoms with E-state index in [-0.39, 0.29) is 17.5 Å². The first-order valence-electron chi connectivity index (χ1n) is 7.07. The van der Waals surface area contributed by atoms with Gasteiger partial charge >= 0.3 is 5.51 Å². The third-order valence-electron chi connectivity index (χ3n) is 3.55. The van der Waals surface area contributed by atoms with Crippen molar-refractivity contribution in [2.45, 2.75) is 34.9 Å². The standard InChI is InChI=1S/C15H20F3NS2/c1-19-9-6-14(7-10-19)21-13-4-2-12(3-5-13)8-11-20-15(16,17)18/h2-5,14H,6-11H2,1H3. The maximum atomic E-state index is 12.1. The van der Waals surface area contributed by atoms with Crippen LogP contribution in [0.1, 0.15) is 18.4 Å². The summed E-state index contributed by atoms with van der Waals surface area (Å²) in [5, 5.41) is 0.660. The molecule has 1 heterocycles. The fourth-order valence-corrected chi connectivity index (χ4v) is 4.01. The van der Waals surface area contributed by atoms with Gasteiger partial charge in [0, 0.05) is 15.9 Å². The van der Waals surface area contributed by atoms with Crippen LogP contribution in [-0.2, 0) is 6.42 Å². The third kappa shape index (κ3) is 6.53. The topological polar surface area (TPSA) is 3.24 Å². The van der Waals surface area contributed by atoms with E-state index in [9.17, 15) is 13.2 Å². The molecule has 0 bridgehead atoms. The number of halogens is 3. The van der Waals surface area contributed by atoms with Crippen molar-refractivity contribution in [1.29, 1.82) is 0 Å². The van der Waals surface area contributed by atoms with Gasteiger partial charge in [-0.3, -0.25) is 0 Å². The van der Waals surface area contributed by atoms with E-state index in [1.807, 2.05) is 36.0 Å². The Bertz CT molecular complexity index is 426. The van der Waals surface area contributed by atoms with E-state index in [1.54, 1.807) is 0 Å². The predicted octanol–water partition coefficient (Wildman–Crippen LogP) is 4.67. The molecule has 1 aliphatic heterocycles. The van der Waals surface area contributed by atoms with Gasteiger partial charge in [-0.15, -0.1) is 11.8 Å². The first kappa shape index (κ1) is 17.0. The number of hydrogen-bond acceptors (Lipinski definition) is 3. The summed E-state index contributed by atoms with van der Waals surface area (Å²) < 4.78 is 36.2. The molecule has 0 N–H and O–H groups in total. The Morgan fingerprint density at radius 3 is 2.33 bits per heavy atom. The highest BCUT2D eigenvalue weighted by Crippen LogP contribution is 2.32. The number of thioether (sulfide) groups is 2. The van der Waals surface area contributed by atoms with Gasteiger partial charge in [-0.25, -0.2) is 0 Å². The minimum absolute atomic E-state index is 0.0514. The van der Waals surface area contributed by atoms with E-state index in [0.29, 0.717) is 11.7 Å². The molecular weight excluding hydrogens is 315 g/mol. The Morgan fingerprint density at radius 1 is 1.14 bits per heavy atom. The molecule has 0 aromatic heterocycles. The maximum Gasteiger partial charge on any atom is 0.441 e. The Morgan fingerprint density at radius 2 is 1.76 bits per heavy atom. The first-order valence-corrected chi connectivity index (χ1v) is 8.94. The van der Waals surface area contributed by atoms with Crippen LogP contribution in [0.4, 0.5) is 13.2 Å². The molecule has 0 atom stereocenters. The van der Waals surface area contributed by atoms with Crippen LogP contribution in [0.15, 0.2) is 29.2 Å². The Hall–Kier alpha value is -0.330. The number of aryl methyl sites for hydroxylation is 1. The molecule has 0 saturated carbocycles. The van der Waals surface area contributed by atoms with Crippen molar-refractivity contribution in [1.82, 2.24) is 4.90 Å². The molecule has 0 radical (unpaired) electrons. The highest BCUT2D eigenvalue weighted by Gasteiger charge is 2.27. The predicted molar refractivity (Wildman–Crippen MR) is 85.0 cm³/mol. The first-order chi connectivity index (χ1) is 9.92. The lowest BCUT2D eigenvalue weighted by molar-refractivity contribution is -0.0327. The van der Waals surface area contributed by atoms with Gasteiger partial charge in [0.15, 0.2) is 0 Å². The van der Waals surface area contributed by atoms with Gasteiger partial charge in [0.05, 0.1) is 0 Å². The van der Waals surface area contributed by atoms with E-state index < -0.39 is 5.51 Å². The van der Waals surface area contributed by atoms with Crippen LogP contribution in [0.2, 0.25) is 0 Å². The number of rotatable bonds is 5. The molecule has 21 heavy (non-hydrogen) atoms. The van der Waals surface area contributed by atoms with Crippen LogP contribution in [-0.4, -0.2) is 41.5 Å². The normalized spacial score (nSPS) is 18.1. The van der Waals surface area contributed by atoms with Crippen LogP contribution in [0.3, 0.4) is 0 Å². The van der Waals surface area contributed by atoms with Crippen molar-refractivity contribution in [2.75, 3.05) is 25.9 Å². The fourth-order valence-electron chi connectivity index (χ4n) is 2.31. The molecule has 0 unspecified atom stereocenters. The molecule has 0 spiro atoms. The Labute approximate surface area is 132 Å². The zero-order valence-corrected chi connectivity index (χ0v) is 13.7. The monoisotopic (exact) mass is 335 g/mol. The summed E-state index contributed by atoms with van der Waals surface area (Å²) in [6, 6.07) is 7.98. The largest absolute Gasteiger partial charge is 0.441 e. The summed E-state index contributed by atoms with van der Waals surface area (Å²) in [5.41, 5.74) is -3.15. The molecule has 1 nitrogen and oxygen atoms in total. The SMILES string of the molecule is CN1CCC(Sc2ccc(CCSC(F)(F)F)cc2)CC1. The third-order valence-corrected chi connectivity index (χ3v) is 5.63. The zero-order valence-electron chi connectivity index (χ0n) is 12.0. The van der Waals surface area contributed by atoms with Gasteiger partial charge in [-0.1, -0.05) is 23.9 Å². The van der Waals surface area contributed by atoms with Gasteiger partial charge in [0.25, 0.3) is 0 Å². The average molecular weight is 335 g/mol. The van der Waals surface area contributed by atoms with Gasteiger partial charge in [-0.05, 0) is 57.1 Å². The molecule has 0 aliphatic carbocycles. The minimum Gasteiger partial charge on any atom is -0.306 e. The Kier molecular flexibility index (Phi) is 6.32. The van der Waals surface area contributed by atoms with Gasteiger partial charge in [0.2, 0.25) is 0 Å². The lowest BCUT2D eigenvalue weighted by atomic mass is 10.1. The van der Waals surface area contributed by atoms with E-state index in [4.69, 9.17) is 0 Å². The number of likely N-dealkylation sites (tertiary alicyclic amines) is 1. The molecule has 0 amide bonds. The lowest BCUT2D eigenvalue weighted by Crippen LogP contribution is -2.31. The molecule has 1 saturated heterocycles. The summed E-state index contributed by atoms with van der Waals surface area (Å²) in [6.07, 6.45) is 2.86. The van der Waals surface area contributed by atoms with Crippen molar-refractivity contribution in [3.63, 3.8) is 0 Å². The van der Waals surface area contributed by atoms with E-state index in [2.05, 4.69) is 11.9 Å². The minimum atomic E-state index is -4.12. The number of piperidine rings is 1. The van der Waals surface area contributed by atoms with Crippen LogP contribution in [0.25, 0.3) is 0 Å². The summed E-state index contributed by atoms with van der Waals surface area (Å²) in [4.78, 5) is 3.56. The maximum absolute atomic E-state index is 12.1. The van der Waals surface area contributed by atoms with Crippen molar-refractivity contribution in [2.24, 2.45) is 0 Å². The van der Waals surface area contributed by atoms with Crippen molar-refractivity contribution >= 4 is 23.5 Å². The van der Waals surface area contributed by atoms with Gasteiger partial charge in [0.1, 0.15) is 0 Å². The fraction of sp³-hybridized carbons (Fsp3) is 0.600. The Balaban J connectivity index is 1.76. The molecule has 1 aromatic carbocycles. The highest BCUT2D eigenvalue weighted by molar-refractivity contribution is 8.00. The van der Waals surface area contributed by atoms with Crippen LogP contribution < -0.4 is 0 Å². The molecular formula is C15H20F3NS2. The number of alkyl halides is 3. The molecule has 118 valence electrons. The number of hydrogen-bond donors (Lipinski definition) is 0. The van der Waals surface area contributed by atoms with Crippen molar-refractivity contribution in [3.05, 3.63) is 29.8 Å². The summed E-state index contributed by atoms with van der Waals surface area (Å²) in [5.74, 6) is 0.0882. The molecule has 1 aromatic rings. The van der Waals surface area contributed by atoms with Crippen LogP contribution in [0, 0.1) is 0 Å².